The molecule has 4 rings (SSSR count). The molecule has 0 saturated heterocycles. The SMILES string of the molecule is O=C1CSc2ccccc2N1Cc1cncn1C1CCCC1. The van der Waals surface area contributed by atoms with Gasteiger partial charge in [-0.05, 0) is 25.0 Å². The number of benzene rings is 1. The van der Waals surface area contributed by atoms with Gasteiger partial charge in [0.1, 0.15) is 0 Å². The molecular weight excluding hydrogens is 294 g/mol. The fraction of sp³-hybridized carbons (Fsp3) is 0.412. The van der Waals surface area contributed by atoms with Crippen molar-refractivity contribution in [2.24, 2.45) is 0 Å². The average molecular weight is 313 g/mol. The minimum Gasteiger partial charge on any atom is -0.330 e. The standard InChI is InChI=1S/C17H19N3OS/c21-17-11-22-16-8-4-3-7-15(16)19(17)10-14-9-18-12-20(14)13-5-1-2-6-13/h3-4,7-9,12-13H,1-2,5-6,10-11H2. The largest absolute Gasteiger partial charge is 0.330 e. The molecule has 1 aromatic heterocycles. The highest BCUT2D eigenvalue weighted by atomic mass is 32.2. The molecule has 114 valence electrons. The molecule has 1 aliphatic carbocycles. The van der Waals surface area contributed by atoms with Crippen molar-refractivity contribution in [3.63, 3.8) is 0 Å². The van der Waals surface area contributed by atoms with E-state index < -0.39 is 0 Å². The number of thioether (sulfide) groups is 1. The molecule has 1 fully saturated rings. The molecule has 2 heterocycles. The molecule has 0 bridgehead atoms. The number of nitrogens with zero attached hydrogens (tertiary/aromatic N) is 3. The first-order valence-electron chi connectivity index (χ1n) is 7.86. The highest BCUT2D eigenvalue weighted by molar-refractivity contribution is 8.00. The summed E-state index contributed by atoms with van der Waals surface area (Å²) in [4.78, 5) is 19.8. The Kier molecular flexibility index (Phi) is 3.66. The highest BCUT2D eigenvalue weighted by Gasteiger charge is 2.26. The van der Waals surface area contributed by atoms with Gasteiger partial charge in [-0.15, -0.1) is 11.8 Å². The Labute approximate surface area is 134 Å². The van der Waals surface area contributed by atoms with Crippen LogP contribution in [0.3, 0.4) is 0 Å². The summed E-state index contributed by atoms with van der Waals surface area (Å²) in [7, 11) is 0. The number of carbonyl (C=O) groups is 1. The fourth-order valence-electron chi connectivity index (χ4n) is 3.46. The van der Waals surface area contributed by atoms with Crippen LogP contribution in [-0.2, 0) is 11.3 Å². The van der Waals surface area contributed by atoms with Gasteiger partial charge in [0.15, 0.2) is 0 Å². The molecule has 2 aliphatic rings. The van der Waals surface area contributed by atoms with Gasteiger partial charge < -0.3 is 9.47 Å². The summed E-state index contributed by atoms with van der Waals surface area (Å²) in [6, 6.07) is 8.72. The van der Waals surface area contributed by atoms with Crippen molar-refractivity contribution in [1.82, 2.24) is 9.55 Å². The molecule has 1 saturated carbocycles. The molecule has 4 nitrogen and oxygen atoms in total. The van der Waals surface area contributed by atoms with Crippen LogP contribution >= 0.6 is 11.8 Å². The minimum atomic E-state index is 0.183. The number of amides is 1. The monoisotopic (exact) mass is 313 g/mol. The van der Waals surface area contributed by atoms with Gasteiger partial charge in [0, 0.05) is 17.1 Å². The predicted octanol–water partition coefficient (Wildman–Crippen LogP) is 3.64. The van der Waals surface area contributed by atoms with Crippen LogP contribution in [0, 0.1) is 0 Å². The van der Waals surface area contributed by atoms with Gasteiger partial charge >= 0.3 is 0 Å². The molecule has 0 atom stereocenters. The molecule has 22 heavy (non-hydrogen) atoms. The zero-order valence-electron chi connectivity index (χ0n) is 12.4. The Morgan fingerprint density at radius 2 is 2.05 bits per heavy atom. The molecule has 0 spiro atoms. The molecule has 1 amide bonds. The first-order valence-corrected chi connectivity index (χ1v) is 8.84. The van der Waals surface area contributed by atoms with Gasteiger partial charge in [-0.25, -0.2) is 4.98 Å². The number of hydrogen-bond donors (Lipinski definition) is 0. The number of para-hydroxylation sites is 1. The summed E-state index contributed by atoms with van der Waals surface area (Å²) in [5.74, 6) is 0.706. The maximum Gasteiger partial charge on any atom is 0.237 e. The first-order chi connectivity index (χ1) is 10.8. The summed E-state index contributed by atoms with van der Waals surface area (Å²) >= 11 is 1.63. The second kappa shape index (κ2) is 5.80. The third-order valence-corrected chi connectivity index (χ3v) is 5.64. The normalized spacial score (nSPS) is 18.7. The van der Waals surface area contributed by atoms with E-state index in [9.17, 15) is 4.79 Å². The Balaban J connectivity index is 1.64. The third-order valence-electron chi connectivity index (χ3n) is 4.59. The summed E-state index contributed by atoms with van der Waals surface area (Å²) in [5, 5.41) is 0. The van der Waals surface area contributed by atoms with Crippen molar-refractivity contribution < 1.29 is 4.79 Å². The van der Waals surface area contributed by atoms with Gasteiger partial charge in [0.2, 0.25) is 5.91 Å². The van der Waals surface area contributed by atoms with Crippen LogP contribution in [0.1, 0.15) is 37.4 Å². The van der Waals surface area contributed by atoms with Crippen molar-refractivity contribution in [3.05, 3.63) is 42.5 Å². The summed E-state index contributed by atoms with van der Waals surface area (Å²) in [5.41, 5.74) is 2.17. The lowest BCUT2D eigenvalue weighted by molar-refractivity contribution is -0.116. The maximum absolute atomic E-state index is 12.4. The minimum absolute atomic E-state index is 0.183. The van der Waals surface area contributed by atoms with Crippen molar-refractivity contribution in [1.29, 1.82) is 0 Å². The van der Waals surface area contributed by atoms with E-state index in [1.807, 2.05) is 35.6 Å². The molecule has 0 radical (unpaired) electrons. The van der Waals surface area contributed by atoms with E-state index in [0.717, 1.165) is 11.4 Å². The first kappa shape index (κ1) is 13.9. The van der Waals surface area contributed by atoms with Crippen LogP contribution in [0.25, 0.3) is 0 Å². The van der Waals surface area contributed by atoms with Crippen LogP contribution in [0.15, 0.2) is 41.7 Å². The number of rotatable bonds is 3. The molecular formula is C17H19N3OS. The van der Waals surface area contributed by atoms with Gasteiger partial charge in [-0.1, -0.05) is 25.0 Å². The number of imidazole rings is 1. The molecule has 1 aromatic carbocycles. The van der Waals surface area contributed by atoms with Crippen LogP contribution in [0.5, 0.6) is 0 Å². The van der Waals surface area contributed by atoms with Crippen molar-refractivity contribution >= 4 is 23.4 Å². The van der Waals surface area contributed by atoms with Gasteiger partial charge in [-0.3, -0.25) is 4.79 Å². The van der Waals surface area contributed by atoms with Gasteiger partial charge in [0.25, 0.3) is 0 Å². The van der Waals surface area contributed by atoms with Crippen molar-refractivity contribution in [2.75, 3.05) is 10.7 Å². The van der Waals surface area contributed by atoms with E-state index in [2.05, 4.69) is 15.6 Å². The molecule has 2 aromatic rings. The van der Waals surface area contributed by atoms with E-state index >= 15 is 0 Å². The Morgan fingerprint density at radius 3 is 2.91 bits per heavy atom. The topological polar surface area (TPSA) is 38.1 Å². The second-order valence-electron chi connectivity index (χ2n) is 5.97. The smallest absolute Gasteiger partial charge is 0.237 e. The zero-order valence-corrected chi connectivity index (χ0v) is 13.3. The van der Waals surface area contributed by atoms with E-state index in [1.54, 1.807) is 11.8 Å². The van der Waals surface area contributed by atoms with E-state index in [0.29, 0.717) is 18.3 Å². The Hall–Kier alpha value is -1.75. The number of carbonyl (C=O) groups excluding carboxylic acids is 1. The molecule has 0 unspecified atom stereocenters. The summed E-state index contributed by atoms with van der Waals surface area (Å²) in [6.07, 6.45) is 8.89. The Morgan fingerprint density at radius 1 is 1.23 bits per heavy atom. The predicted molar refractivity (Wildman–Crippen MR) is 88.1 cm³/mol. The summed E-state index contributed by atoms with van der Waals surface area (Å²) in [6.45, 7) is 0.618. The molecule has 5 heteroatoms. The van der Waals surface area contributed by atoms with E-state index in [1.165, 1.54) is 30.6 Å². The number of hydrogen-bond acceptors (Lipinski definition) is 3. The van der Waals surface area contributed by atoms with Gasteiger partial charge in [0.05, 0.1) is 30.0 Å². The van der Waals surface area contributed by atoms with Crippen LogP contribution in [-0.4, -0.2) is 21.2 Å². The van der Waals surface area contributed by atoms with Crippen LogP contribution in [0.4, 0.5) is 5.69 Å². The maximum atomic E-state index is 12.4. The van der Waals surface area contributed by atoms with E-state index in [4.69, 9.17) is 0 Å². The second-order valence-corrected chi connectivity index (χ2v) is 6.98. The zero-order chi connectivity index (χ0) is 14.9. The number of aromatic nitrogens is 2. The fourth-order valence-corrected chi connectivity index (χ4v) is 4.39. The Bertz CT molecular complexity index is 691. The highest BCUT2D eigenvalue weighted by Crippen LogP contribution is 2.36. The number of fused-ring (bicyclic) bond motifs is 1. The number of anilines is 1. The van der Waals surface area contributed by atoms with Crippen molar-refractivity contribution in [3.8, 4) is 0 Å². The van der Waals surface area contributed by atoms with Crippen LogP contribution in [0.2, 0.25) is 0 Å². The van der Waals surface area contributed by atoms with Crippen molar-refractivity contribution in [2.45, 2.75) is 43.2 Å². The summed E-state index contributed by atoms with van der Waals surface area (Å²) < 4.78 is 2.28. The van der Waals surface area contributed by atoms with Crippen LogP contribution < -0.4 is 4.90 Å². The van der Waals surface area contributed by atoms with E-state index in [-0.39, 0.29) is 5.91 Å². The lowest BCUT2D eigenvalue weighted by atomic mass is 10.2. The lowest BCUT2D eigenvalue weighted by Gasteiger charge is -2.29. The lowest BCUT2D eigenvalue weighted by Crippen LogP contribution is -2.35. The van der Waals surface area contributed by atoms with Gasteiger partial charge in [-0.2, -0.15) is 0 Å². The molecule has 1 aliphatic heterocycles. The molecule has 0 N–H and O–H groups in total. The average Bonchev–Trinajstić information content (AvgIpc) is 3.21. The third kappa shape index (κ3) is 2.43. The quantitative estimate of drug-likeness (QED) is 0.868.